The third-order valence-electron chi connectivity index (χ3n) is 6.67. The van der Waals surface area contributed by atoms with Crippen molar-refractivity contribution in [2.45, 2.75) is 51.0 Å². The summed E-state index contributed by atoms with van der Waals surface area (Å²) in [6.45, 7) is 4.02. The van der Waals surface area contributed by atoms with Gasteiger partial charge in [0.25, 0.3) is 12.3 Å². The van der Waals surface area contributed by atoms with Crippen LogP contribution >= 0.6 is 0 Å². The number of benzene rings is 1. The Morgan fingerprint density at radius 2 is 1.86 bits per heavy atom. The van der Waals surface area contributed by atoms with Crippen LogP contribution in [0.4, 0.5) is 24.7 Å². The standard InChI is InChI=1S/C24H26F3N3O5S/c1-23(2)15-12-14(21(31)29-24(3)7-10-36(33,34)11-8-24)4-5-16(15)30(22(23)32)20-19(27)17(6-9-28-20)35-13-18(25)26/h4-6,9,12,18H,7-8,10-11,13H2,1-3H3,(H,29,31). The van der Waals surface area contributed by atoms with Gasteiger partial charge in [0.2, 0.25) is 11.7 Å². The number of rotatable bonds is 6. The van der Waals surface area contributed by atoms with E-state index in [1.807, 2.05) is 0 Å². The van der Waals surface area contributed by atoms with Gasteiger partial charge in [-0.1, -0.05) is 0 Å². The third kappa shape index (κ3) is 4.78. The van der Waals surface area contributed by atoms with Crippen molar-refractivity contribution >= 4 is 33.2 Å². The van der Waals surface area contributed by atoms with E-state index in [4.69, 9.17) is 4.74 Å². The minimum absolute atomic E-state index is 0.0108. The molecule has 36 heavy (non-hydrogen) atoms. The first kappa shape index (κ1) is 25.9. The number of pyridine rings is 1. The number of ether oxygens (including phenoxy) is 1. The monoisotopic (exact) mass is 525 g/mol. The van der Waals surface area contributed by atoms with Gasteiger partial charge in [-0.25, -0.2) is 22.2 Å². The van der Waals surface area contributed by atoms with E-state index in [1.165, 1.54) is 12.1 Å². The summed E-state index contributed by atoms with van der Waals surface area (Å²) in [5.74, 6) is -2.88. The zero-order valence-electron chi connectivity index (χ0n) is 20.0. The number of nitrogens with one attached hydrogen (secondary N) is 1. The van der Waals surface area contributed by atoms with Crippen molar-refractivity contribution in [3.63, 3.8) is 0 Å². The fraction of sp³-hybridized carbons (Fsp3) is 0.458. The molecule has 1 saturated heterocycles. The number of nitrogens with zero attached hydrogens (tertiary/aromatic N) is 2. The average Bonchev–Trinajstić information content (AvgIpc) is 3.00. The number of carbonyl (C=O) groups is 2. The van der Waals surface area contributed by atoms with E-state index in [1.54, 1.807) is 26.8 Å². The summed E-state index contributed by atoms with van der Waals surface area (Å²) in [4.78, 5) is 31.4. The molecule has 1 aromatic carbocycles. The number of sulfone groups is 1. The SMILES string of the molecule is CC1(NC(=O)c2ccc3c(c2)C(C)(C)C(=O)N3c2nccc(OCC(F)F)c2F)CCS(=O)(=O)CC1. The van der Waals surface area contributed by atoms with E-state index in [0.717, 1.165) is 17.2 Å². The normalized spacial score (nSPS) is 19.8. The number of fused-ring (bicyclic) bond motifs is 1. The Bertz CT molecular complexity index is 1320. The molecule has 0 spiro atoms. The zero-order valence-corrected chi connectivity index (χ0v) is 20.8. The van der Waals surface area contributed by atoms with Crippen LogP contribution in [0.3, 0.4) is 0 Å². The molecule has 1 aromatic heterocycles. The first-order valence-corrected chi connectivity index (χ1v) is 13.1. The fourth-order valence-corrected chi connectivity index (χ4v) is 6.11. The van der Waals surface area contributed by atoms with E-state index in [2.05, 4.69) is 10.3 Å². The van der Waals surface area contributed by atoms with Crippen molar-refractivity contribution in [3.8, 4) is 5.75 Å². The molecule has 194 valence electrons. The van der Waals surface area contributed by atoms with Crippen LogP contribution < -0.4 is 15.0 Å². The summed E-state index contributed by atoms with van der Waals surface area (Å²) in [5, 5.41) is 2.91. The van der Waals surface area contributed by atoms with Crippen LogP contribution in [0.5, 0.6) is 5.75 Å². The molecule has 0 radical (unpaired) electrons. The molecule has 12 heteroatoms. The Balaban J connectivity index is 1.65. The molecule has 1 N–H and O–H groups in total. The molecule has 2 amide bonds. The highest BCUT2D eigenvalue weighted by atomic mass is 32.2. The Morgan fingerprint density at radius 1 is 1.19 bits per heavy atom. The van der Waals surface area contributed by atoms with Crippen LogP contribution in [0.25, 0.3) is 0 Å². The second-order valence-electron chi connectivity index (χ2n) is 9.81. The molecular weight excluding hydrogens is 499 g/mol. The predicted molar refractivity (Wildman–Crippen MR) is 126 cm³/mol. The molecule has 4 rings (SSSR count). The van der Waals surface area contributed by atoms with Crippen molar-refractivity contribution in [3.05, 3.63) is 47.4 Å². The van der Waals surface area contributed by atoms with Crippen molar-refractivity contribution in [1.82, 2.24) is 10.3 Å². The molecule has 0 aliphatic carbocycles. The number of amides is 2. The van der Waals surface area contributed by atoms with Gasteiger partial charge in [0, 0.05) is 23.4 Å². The predicted octanol–water partition coefficient (Wildman–Crippen LogP) is 3.52. The van der Waals surface area contributed by atoms with Crippen LogP contribution in [-0.2, 0) is 20.0 Å². The van der Waals surface area contributed by atoms with E-state index in [9.17, 15) is 26.8 Å². The van der Waals surface area contributed by atoms with Crippen molar-refractivity contribution < 1.29 is 35.9 Å². The molecule has 2 aromatic rings. The molecule has 8 nitrogen and oxygen atoms in total. The van der Waals surface area contributed by atoms with Crippen LogP contribution in [0.2, 0.25) is 0 Å². The van der Waals surface area contributed by atoms with Crippen LogP contribution in [0.1, 0.15) is 49.5 Å². The number of anilines is 2. The van der Waals surface area contributed by atoms with Gasteiger partial charge in [-0.15, -0.1) is 0 Å². The molecule has 0 unspecified atom stereocenters. The zero-order chi connectivity index (χ0) is 26.5. The first-order chi connectivity index (χ1) is 16.7. The van der Waals surface area contributed by atoms with Crippen molar-refractivity contribution in [2.24, 2.45) is 0 Å². The number of carbonyl (C=O) groups excluding carboxylic acids is 2. The molecule has 1 fully saturated rings. The van der Waals surface area contributed by atoms with Gasteiger partial charge in [-0.3, -0.25) is 14.5 Å². The molecule has 2 aliphatic heterocycles. The molecule has 3 heterocycles. The summed E-state index contributed by atoms with van der Waals surface area (Å²) in [7, 11) is -3.11. The van der Waals surface area contributed by atoms with Crippen molar-refractivity contribution in [1.29, 1.82) is 0 Å². The summed E-state index contributed by atoms with van der Waals surface area (Å²) < 4.78 is 68.5. The lowest BCUT2D eigenvalue weighted by molar-refractivity contribution is -0.121. The largest absolute Gasteiger partial charge is 0.484 e. The van der Waals surface area contributed by atoms with Crippen LogP contribution in [-0.4, -0.2) is 55.3 Å². The Hall–Kier alpha value is -3.15. The maximum absolute atomic E-state index is 15.1. The van der Waals surface area contributed by atoms with Gasteiger partial charge in [0.15, 0.2) is 11.6 Å². The van der Waals surface area contributed by atoms with Gasteiger partial charge >= 0.3 is 0 Å². The topological polar surface area (TPSA) is 106 Å². The van der Waals surface area contributed by atoms with E-state index in [0.29, 0.717) is 24.1 Å². The number of aromatic nitrogens is 1. The van der Waals surface area contributed by atoms with Gasteiger partial charge in [-0.2, -0.15) is 4.39 Å². The summed E-state index contributed by atoms with van der Waals surface area (Å²) in [6, 6.07) is 5.62. The Kier molecular flexibility index (Phi) is 6.52. The second kappa shape index (κ2) is 9.06. The highest BCUT2D eigenvalue weighted by molar-refractivity contribution is 7.91. The average molecular weight is 526 g/mol. The molecule has 0 atom stereocenters. The molecular formula is C24H26F3N3O5S. The number of hydrogen-bond acceptors (Lipinski definition) is 6. The molecule has 0 saturated carbocycles. The first-order valence-electron chi connectivity index (χ1n) is 11.3. The quantitative estimate of drug-likeness (QED) is 0.619. The number of hydrogen-bond donors (Lipinski definition) is 1. The Morgan fingerprint density at radius 3 is 2.50 bits per heavy atom. The lowest BCUT2D eigenvalue weighted by atomic mass is 9.85. The summed E-state index contributed by atoms with van der Waals surface area (Å²) in [6.07, 6.45) is -1.07. The lowest BCUT2D eigenvalue weighted by Gasteiger charge is -2.34. The van der Waals surface area contributed by atoms with Crippen LogP contribution in [0, 0.1) is 5.82 Å². The van der Waals surface area contributed by atoms with Gasteiger partial charge in [0.05, 0.1) is 22.6 Å². The second-order valence-corrected chi connectivity index (χ2v) is 12.1. The number of halogens is 3. The smallest absolute Gasteiger partial charge is 0.272 e. The summed E-state index contributed by atoms with van der Waals surface area (Å²) >= 11 is 0. The minimum atomic E-state index is -3.11. The maximum Gasteiger partial charge on any atom is 0.272 e. The molecule has 0 bridgehead atoms. The maximum atomic E-state index is 15.1. The molecule has 2 aliphatic rings. The van der Waals surface area contributed by atoms with Crippen LogP contribution in [0.15, 0.2) is 30.5 Å². The third-order valence-corrected chi connectivity index (χ3v) is 8.32. The summed E-state index contributed by atoms with van der Waals surface area (Å²) in [5.41, 5.74) is -0.827. The Labute approximate surface area is 206 Å². The van der Waals surface area contributed by atoms with E-state index < -0.39 is 63.0 Å². The van der Waals surface area contributed by atoms with Gasteiger partial charge < -0.3 is 10.1 Å². The van der Waals surface area contributed by atoms with Crippen molar-refractivity contribution in [2.75, 3.05) is 23.0 Å². The highest BCUT2D eigenvalue weighted by Crippen LogP contribution is 2.46. The van der Waals surface area contributed by atoms with E-state index >= 15 is 4.39 Å². The number of alkyl halides is 2. The van der Waals surface area contributed by atoms with Gasteiger partial charge in [0.1, 0.15) is 16.4 Å². The van der Waals surface area contributed by atoms with Gasteiger partial charge in [-0.05, 0) is 57.4 Å². The van der Waals surface area contributed by atoms with E-state index in [-0.39, 0.29) is 17.1 Å². The minimum Gasteiger partial charge on any atom is -0.484 e. The highest BCUT2D eigenvalue weighted by Gasteiger charge is 2.46. The fourth-order valence-electron chi connectivity index (χ4n) is 4.38. The lowest BCUT2D eigenvalue weighted by Crippen LogP contribution is -2.50.